The molecule has 0 aromatic rings. The predicted octanol–water partition coefficient (Wildman–Crippen LogP) is 8.69. The number of hydrogen-bond acceptors (Lipinski definition) is 6. The van der Waals surface area contributed by atoms with Crippen molar-refractivity contribution in [2.45, 2.75) is 137 Å². The number of aliphatic hydroxyl groups is 2. The zero-order valence-electron chi connectivity index (χ0n) is 31.1. The summed E-state index contributed by atoms with van der Waals surface area (Å²) in [5.41, 5.74) is 5.35. The lowest BCUT2D eigenvalue weighted by molar-refractivity contribution is -0.152. The topological polar surface area (TPSA) is 96.4 Å². The smallest absolute Gasteiger partial charge is 0.302 e. The third kappa shape index (κ3) is 9.66. The highest BCUT2D eigenvalue weighted by Gasteiger charge is 2.76. The van der Waals surface area contributed by atoms with Crippen LogP contribution >= 0.6 is 0 Å². The highest BCUT2D eigenvalue weighted by Crippen LogP contribution is 2.67. The number of carbonyl (C=O) groups is 2. The van der Waals surface area contributed by atoms with Crippen LogP contribution in [0.25, 0.3) is 0 Å². The Morgan fingerprint density at radius 2 is 1.38 bits per heavy atom. The van der Waals surface area contributed by atoms with Crippen LogP contribution in [0.4, 0.5) is 0 Å². The molecule has 5 atom stereocenters. The molecule has 0 aromatic heterocycles. The van der Waals surface area contributed by atoms with Crippen molar-refractivity contribution in [1.82, 2.24) is 0 Å². The predicted molar refractivity (Wildman–Crippen MR) is 194 cm³/mol. The van der Waals surface area contributed by atoms with E-state index in [4.69, 9.17) is 9.47 Å². The Labute approximate surface area is 289 Å². The van der Waals surface area contributed by atoms with Gasteiger partial charge in [0.05, 0.1) is 17.3 Å². The maximum absolute atomic E-state index is 13.1. The standard InChI is InChI=1S/C42H58O6/c1-29(18-14-19-31(3)22-23-37-38(6,7)26-35(47-33(5)43)27-40(37,10)46)16-12-13-17-30(2)20-15-21-32(4)36(45)28-42-39(8,9)24-34(44)25-41(42,11)48-42/h12-22,34-35,44,46H,24-28H2,1-11H3/b13-12+,18-14+,20-15+,29-16+,30-17+,31-19+,32-21+/t23?,34-,35-,40?,41+,42-/m0/s1. The number of ether oxygens (including phenoxy) is 2. The van der Waals surface area contributed by atoms with E-state index in [1.54, 1.807) is 6.92 Å². The molecule has 6 nitrogen and oxygen atoms in total. The van der Waals surface area contributed by atoms with Gasteiger partial charge in [-0.25, -0.2) is 0 Å². The molecule has 48 heavy (non-hydrogen) atoms. The van der Waals surface area contributed by atoms with E-state index >= 15 is 0 Å². The van der Waals surface area contributed by atoms with Crippen LogP contribution in [0.2, 0.25) is 0 Å². The van der Waals surface area contributed by atoms with E-state index in [0.717, 1.165) is 22.3 Å². The van der Waals surface area contributed by atoms with Crippen molar-refractivity contribution in [2.24, 2.45) is 10.8 Å². The van der Waals surface area contributed by atoms with Crippen LogP contribution in [-0.4, -0.2) is 51.0 Å². The van der Waals surface area contributed by atoms with Crippen LogP contribution in [0.5, 0.6) is 0 Å². The highest BCUT2D eigenvalue weighted by atomic mass is 16.6. The number of hydrogen-bond donors (Lipinski definition) is 2. The van der Waals surface area contributed by atoms with Crippen molar-refractivity contribution in [3.8, 4) is 0 Å². The van der Waals surface area contributed by atoms with Crippen LogP contribution in [0.15, 0.2) is 100 Å². The zero-order valence-corrected chi connectivity index (χ0v) is 31.1. The maximum atomic E-state index is 13.1. The van der Waals surface area contributed by atoms with Gasteiger partial charge in [0.1, 0.15) is 11.7 Å². The maximum Gasteiger partial charge on any atom is 0.302 e. The second-order valence-electron chi connectivity index (χ2n) is 15.9. The van der Waals surface area contributed by atoms with Crippen molar-refractivity contribution < 1.29 is 29.3 Å². The first kappa shape index (κ1) is 39.2. The Hall–Kier alpha value is -3.28. The van der Waals surface area contributed by atoms with Crippen molar-refractivity contribution in [1.29, 1.82) is 0 Å². The quantitative estimate of drug-likeness (QED) is 0.0758. The van der Waals surface area contributed by atoms with Crippen molar-refractivity contribution >= 4 is 11.8 Å². The minimum Gasteiger partial charge on any atom is -0.462 e. The highest BCUT2D eigenvalue weighted by molar-refractivity contribution is 5.96. The Bertz CT molecular complexity index is 1510. The van der Waals surface area contributed by atoms with Gasteiger partial charge in [-0.2, -0.15) is 0 Å². The zero-order chi connectivity index (χ0) is 36.1. The van der Waals surface area contributed by atoms with E-state index in [1.165, 1.54) is 6.92 Å². The minimum absolute atomic E-state index is 0.0816. The van der Waals surface area contributed by atoms with Gasteiger partial charge in [0.25, 0.3) is 0 Å². The fourth-order valence-electron chi connectivity index (χ4n) is 7.76. The number of epoxide rings is 1. The summed E-state index contributed by atoms with van der Waals surface area (Å²) in [6.07, 6.45) is 23.6. The molecule has 1 aliphatic heterocycles. The van der Waals surface area contributed by atoms with Crippen molar-refractivity contribution in [3.05, 3.63) is 100 Å². The first-order valence-corrected chi connectivity index (χ1v) is 17.1. The molecule has 0 aromatic carbocycles. The summed E-state index contributed by atoms with van der Waals surface area (Å²) in [4.78, 5) is 24.5. The molecular formula is C42H58O6. The van der Waals surface area contributed by atoms with Crippen LogP contribution in [-0.2, 0) is 19.1 Å². The number of allylic oxidation sites excluding steroid dienone is 14. The van der Waals surface area contributed by atoms with E-state index in [0.29, 0.717) is 37.7 Å². The summed E-state index contributed by atoms with van der Waals surface area (Å²) < 4.78 is 11.6. The molecule has 0 spiro atoms. The average molecular weight is 659 g/mol. The van der Waals surface area contributed by atoms with Crippen LogP contribution < -0.4 is 0 Å². The molecule has 262 valence electrons. The molecule has 3 fully saturated rings. The van der Waals surface area contributed by atoms with Gasteiger partial charge in [-0.15, -0.1) is 5.73 Å². The molecule has 6 heteroatoms. The Kier molecular flexibility index (Phi) is 12.3. The summed E-state index contributed by atoms with van der Waals surface area (Å²) >= 11 is 0. The molecule has 0 amide bonds. The molecule has 1 unspecified atom stereocenters. The molecular weight excluding hydrogens is 600 g/mol. The van der Waals surface area contributed by atoms with Gasteiger partial charge < -0.3 is 19.7 Å². The van der Waals surface area contributed by atoms with Gasteiger partial charge >= 0.3 is 5.97 Å². The molecule has 2 N–H and O–H groups in total. The number of esters is 1. The van der Waals surface area contributed by atoms with Gasteiger partial charge in [-0.05, 0) is 82.4 Å². The van der Waals surface area contributed by atoms with Gasteiger partial charge in [0, 0.05) is 31.8 Å². The molecule has 3 rings (SSSR count). The van der Waals surface area contributed by atoms with Gasteiger partial charge in [-0.3, -0.25) is 9.59 Å². The first-order valence-electron chi connectivity index (χ1n) is 17.1. The minimum atomic E-state index is -1.11. The first-order chi connectivity index (χ1) is 22.1. The lowest BCUT2D eigenvalue weighted by atomic mass is 9.61. The lowest BCUT2D eigenvalue weighted by Crippen LogP contribution is -2.48. The molecule has 3 aliphatic rings. The van der Waals surface area contributed by atoms with Crippen molar-refractivity contribution in [2.75, 3.05) is 0 Å². The third-order valence-electron chi connectivity index (χ3n) is 10.1. The van der Waals surface area contributed by atoms with E-state index in [9.17, 15) is 19.8 Å². The van der Waals surface area contributed by atoms with Gasteiger partial charge in [0.2, 0.25) is 0 Å². The van der Waals surface area contributed by atoms with Crippen LogP contribution in [0, 0.1) is 10.8 Å². The van der Waals surface area contributed by atoms with E-state index in [1.807, 2.05) is 115 Å². The second-order valence-corrected chi connectivity index (χ2v) is 15.9. The Balaban J connectivity index is 1.54. The summed E-state index contributed by atoms with van der Waals surface area (Å²) in [5, 5.41) is 21.4. The summed E-state index contributed by atoms with van der Waals surface area (Å²) in [6, 6.07) is 0. The largest absolute Gasteiger partial charge is 0.462 e. The van der Waals surface area contributed by atoms with E-state index in [-0.39, 0.29) is 34.8 Å². The number of ketones is 1. The van der Waals surface area contributed by atoms with E-state index < -0.39 is 16.8 Å². The molecule has 0 radical (unpaired) electrons. The summed E-state index contributed by atoms with van der Waals surface area (Å²) in [7, 11) is 0. The molecule has 1 saturated heterocycles. The Morgan fingerprint density at radius 3 is 1.92 bits per heavy atom. The lowest BCUT2D eigenvalue weighted by Gasteiger charge is -2.44. The van der Waals surface area contributed by atoms with Crippen molar-refractivity contribution in [3.63, 3.8) is 0 Å². The SMILES string of the molecule is CC(=O)O[C@H]1CC(C)(C)C(=C=C/C(C)=C/C=C/C(C)=C/C=C/C=C(C)/C=C/C=C(\C)C(=O)C[C@@]23O[C@]2(C)C[C@@H](O)CC3(C)C)C(C)(O)C1. The van der Waals surface area contributed by atoms with Gasteiger partial charge in [-0.1, -0.05) is 99.6 Å². The Morgan fingerprint density at radius 1 is 0.812 bits per heavy atom. The monoisotopic (exact) mass is 658 g/mol. The van der Waals surface area contributed by atoms with Gasteiger partial charge in [0.15, 0.2) is 5.78 Å². The normalized spacial score (nSPS) is 32.4. The number of carbonyl (C=O) groups excluding carboxylic acids is 2. The number of rotatable bonds is 11. The number of Topliss-reactive ketones (excluding diaryl/α,β-unsaturated/α-hetero) is 1. The molecule has 2 aliphatic carbocycles. The molecule has 0 bridgehead atoms. The fraction of sp³-hybridized carbons (Fsp3) is 0.548. The summed E-state index contributed by atoms with van der Waals surface area (Å²) in [6.45, 7) is 21.4. The number of fused-ring (bicyclic) bond motifs is 1. The van der Waals surface area contributed by atoms with E-state index in [2.05, 4.69) is 19.6 Å². The third-order valence-corrected chi connectivity index (χ3v) is 10.1. The number of aliphatic hydroxyl groups excluding tert-OH is 1. The summed E-state index contributed by atoms with van der Waals surface area (Å²) in [5.74, 6) is -0.244. The molecule has 1 heterocycles. The fourth-order valence-corrected chi connectivity index (χ4v) is 7.76. The second kappa shape index (κ2) is 15.1. The van der Waals surface area contributed by atoms with Crippen LogP contribution in [0.3, 0.4) is 0 Å². The molecule has 2 saturated carbocycles. The van der Waals surface area contributed by atoms with Crippen LogP contribution in [0.1, 0.15) is 108 Å². The average Bonchev–Trinajstić information content (AvgIpc) is 3.53.